The van der Waals surface area contributed by atoms with E-state index in [0.29, 0.717) is 11.4 Å². The molecule has 1 aromatic carbocycles. The number of nitrogen functional groups attached to an aromatic ring is 1. The first-order chi connectivity index (χ1) is 9.08. The molecule has 0 saturated carbocycles. The van der Waals surface area contributed by atoms with Gasteiger partial charge in [-0.2, -0.15) is 5.10 Å². The number of benzene rings is 1. The van der Waals surface area contributed by atoms with Crippen LogP contribution in [0.3, 0.4) is 0 Å². The molecule has 1 aliphatic rings. The van der Waals surface area contributed by atoms with E-state index in [1.54, 1.807) is 19.1 Å². The predicted octanol–water partition coefficient (Wildman–Crippen LogP) is 2.16. The van der Waals surface area contributed by atoms with Crippen molar-refractivity contribution >= 4 is 11.5 Å². The summed E-state index contributed by atoms with van der Waals surface area (Å²) in [5.74, 6) is 0.573. The molecule has 2 aromatic rings. The Labute approximate surface area is 110 Å². The quantitative estimate of drug-likeness (QED) is 0.660. The highest BCUT2D eigenvalue weighted by atomic mass is 16.6. The molecular formula is C13H14N4O2. The zero-order valence-corrected chi connectivity index (χ0v) is 10.6. The van der Waals surface area contributed by atoms with Gasteiger partial charge in [0.25, 0.3) is 5.69 Å². The van der Waals surface area contributed by atoms with Crippen molar-refractivity contribution in [2.45, 2.75) is 26.2 Å². The van der Waals surface area contributed by atoms with Crippen molar-refractivity contribution < 1.29 is 4.92 Å². The van der Waals surface area contributed by atoms with Crippen molar-refractivity contribution in [2.75, 3.05) is 5.73 Å². The van der Waals surface area contributed by atoms with E-state index < -0.39 is 0 Å². The molecule has 0 fully saturated rings. The maximum atomic E-state index is 10.8. The molecule has 0 aliphatic heterocycles. The number of nitro benzene ring substituents is 1. The van der Waals surface area contributed by atoms with E-state index in [9.17, 15) is 10.1 Å². The molecule has 6 nitrogen and oxygen atoms in total. The predicted molar refractivity (Wildman–Crippen MR) is 71.4 cm³/mol. The Bertz CT molecular complexity index is 676. The van der Waals surface area contributed by atoms with E-state index in [-0.39, 0.29) is 10.6 Å². The lowest BCUT2D eigenvalue weighted by Crippen LogP contribution is -2.03. The second-order valence-corrected chi connectivity index (χ2v) is 4.80. The van der Waals surface area contributed by atoms with Crippen LogP contribution in [0.1, 0.15) is 23.2 Å². The Kier molecular flexibility index (Phi) is 2.51. The third-order valence-electron chi connectivity index (χ3n) is 3.58. The molecule has 6 heteroatoms. The lowest BCUT2D eigenvalue weighted by molar-refractivity contribution is -0.385. The van der Waals surface area contributed by atoms with E-state index in [4.69, 9.17) is 5.73 Å². The zero-order chi connectivity index (χ0) is 13.6. The fraction of sp³-hybridized carbons (Fsp3) is 0.308. The first-order valence-corrected chi connectivity index (χ1v) is 6.19. The Morgan fingerprint density at radius 2 is 2.21 bits per heavy atom. The number of rotatable bonds is 2. The highest BCUT2D eigenvalue weighted by Gasteiger charge is 2.22. The van der Waals surface area contributed by atoms with Crippen molar-refractivity contribution in [1.82, 2.24) is 9.78 Å². The Morgan fingerprint density at radius 3 is 2.89 bits per heavy atom. The van der Waals surface area contributed by atoms with Crippen LogP contribution in [-0.4, -0.2) is 14.7 Å². The van der Waals surface area contributed by atoms with Gasteiger partial charge in [0.05, 0.1) is 10.6 Å². The Balaban J connectivity index is 2.11. The maximum Gasteiger partial charge on any atom is 0.272 e. The molecular weight excluding hydrogens is 244 g/mol. The summed E-state index contributed by atoms with van der Waals surface area (Å²) in [5, 5.41) is 15.2. The molecule has 0 unspecified atom stereocenters. The molecule has 19 heavy (non-hydrogen) atoms. The Hall–Kier alpha value is -2.37. The largest absolute Gasteiger partial charge is 0.382 e. The summed E-state index contributed by atoms with van der Waals surface area (Å²) < 4.78 is 1.81. The van der Waals surface area contributed by atoms with Gasteiger partial charge in [0, 0.05) is 22.9 Å². The number of nitrogens with two attached hydrogens (primary N) is 1. The van der Waals surface area contributed by atoms with Crippen molar-refractivity contribution in [2.24, 2.45) is 0 Å². The molecule has 0 saturated heterocycles. The minimum absolute atomic E-state index is 0.125. The summed E-state index contributed by atoms with van der Waals surface area (Å²) in [6.45, 7) is 1.73. The van der Waals surface area contributed by atoms with Crippen molar-refractivity contribution in [3.05, 3.63) is 45.1 Å². The van der Waals surface area contributed by atoms with Crippen LogP contribution in [-0.2, 0) is 12.8 Å². The van der Waals surface area contributed by atoms with E-state index in [0.717, 1.165) is 36.2 Å². The average Bonchev–Trinajstić information content (AvgIpc) is 2.93. The normalized spacial score (nSPS) is 13.5. The van der Waals surface area contributed by atoms with Crippen LogP contribution in [0.5, 0.6) is 0 Å². The summed E-state index contributed by atoms with van der Waals surface area (Å²) in [6.07, 6.45) is 3.01. The second-order valence-electron chi connectivity index (χ2n) is 4.80. The van der Waals surface area contributed by atoms with Crippen LogP contribution in [0.4, 0.5) is 11.5 Å². The monoisotopic (exact) mass is 258 g/mol. The molecule has 3 rings (SSSR count). The van der Waals surface area contributed by atoms with Crippen LogP contribution in [0, 0.1) is 17.0 Å². The van der Waals surface area contributed by atoms with Gasteiger partial charge in [-0.15, -0.1) is 0 Å². The maximum absolute atomic E-state index is 10.8. The van der Waals surface area contributed by atoms with Crippen LogP contribution in [0.25, 0.3) is 5.69 Å². The standard InChI is InChI=1S/C13H14N4O2/c1-8-7-9(5-6-11(8)17(18)19)16-12-4-2-3-10(12)13(14)15-16/h5-7H,2-4H2,1H3,(H2,14,15). The van der Waals surface area contributed by atoms with Gasteiger partial charge in [-0.1, -0.05) is 0 Å². The number of aryl methyl sites for hydroxylation is 1. The van der Waals surface area contributed by atoms with Crippen LogP contribution >= 0.6 is 0 Å². The number of aromatic nitrogens is 2. The van der Waals surface area contributed by atoms with Gasteiger partial charge in [0.15, 0.2) is 0 Å². The first kappa shape index (κ1) is 11.7. The SMILES string of the molecule is Cc1cc(-n2nc(N)c3c2CCC3)ccc1[N+](=O)[O-]. The van der Waals surface area contributed by atoms with Gasteiger partial charge in [-0.05, 0) is 38.3 Å². The Morgan fingerprint density at radius 1 is 1.42 bits per heavy atom. The number of nitro groups is 1. The third kappa shape index (κ3) is 1.76. The molecule has 0 amide bonds. The van der Waals surface area contributed by atoms with Crippen LogP contribution in [0.15, 0.2) is 18.2 Å². The number of anilines is 1. The van der Waals surface area contributed by atoms with Crippen molar-refractivity contribution in [3.8, 4) is 5.69 Å². The smallest absolute Gasteiger partial charge is 0.272 e. The van der Waals surface area contributed by atoms with Crippen molar-refractivity contribution in [3.63, 3.8) is 0 Å². The molecule has 0 bridgehead atoms. The summed E-state index contributed by atoms with van der Waals surface area (Å²) in [5.41, 5.74) is 9.74. The average molecular weight is 258 g/mol. The minimum Gasteiger partial charge on any atom is -0.382 e. The molecule has 0 atom stereocenters. The molecule has 1 aliphatic carbocycles. The van der Waals surface area contributed by atoms with E-state index >= 15 is 0 Å². The van der Waals surface area contributed by atoms with Crippen LogP contribution in [0.2, 0.25) is 0 Å². The number of fused-ring (bicyclic) bond motifs is 1. The third-order valence-corrected chi connectivity index (χ3v) is 3.58. The molecule has 2 N–H and O–H groups in total. The summed E-state index contributed by atoms with van der Waals surface area (Å²) in [6, 6.07) is 5.02. The minimum atomic E-state index is -0.374. The lowest BCUT2D eigenvalue weighted by atomic mass is 10.2. The van der Waals surface area contributed by atoms with Gasteiger partial charge in [0.1, 0.15) is 5.82 Å². The molecule has 0 spiro atoms. The van der Waals surface area contributed by atoms with Gasteiger partial charge >= 0.3 is 0 Å². The van der Waals surface area contributed by atoms with Gasteiger partial charge in [0.2, 0.25) is 0 Å². The first-order valence-electron chi connectivity index (χ1n) is 6.19. The molecule has 1 aromatic heterocycles. The highest BCUT2D eigenvalue weighted by Crippen LogP contribution is 2.30. The summed E-state index contributed by atoms with van der Waals surface area (Å²) in [4.78, 5) is 10.5. The highest BCUT2D eigenvalue weighted by molar-refractivity contribution is 5.52. The number of hydrogen-bond donors (Lipinski definition) is 1. The van der Waals surface area contributed by atoms with Crippen molar-refractivity contribution in [1.29, 1.82) is 0 Å². The molecule has 1 heterocycles. The topological polar surface area (TPSA) is 87.0 Å². The van der Waals surface area contributed by atoms with E-state index in [1.807, 2.05) is 4.68 Å². The van der Waals surface area contributed by atoms with E-state index in [1.165, 1.54) is 6.07 Å². The fourth-order valence-corrected chi connectivity index (χ4v) is 2.66. The van der Waals surface area contributed by atoms with Crippen LogP contribution < -0.4 is 5.73 Å². The lowest BCUT2D eigenvalue weighted by Gasteiger charge is -2.06. The fourth-order valence-electron chi connectivity index (χ4n) is 2.66. The molecule has 0 radical (unpaired) electrons. The van der Waals surface area contributed by atoms with Gasteiger partial charge < -0.3 is 5.73 Å². The zero-order valence-electron chi connectivity index (χ0n) is 10.6. The summed E-state index contributed by atoms with van der Waals surface area (Å²) in [7, 11) is 0. The summed E-state index contributed by atoms with van der Waals surface area (Å²) >= 11 is 0. The molecule has 98 valence electrons. The number of hydrogen-bond acceptors (Lipinski definition) is 4. The number of nitrogens with zero attached hydrogens (tertiary/aromatic N) is 3. The van der Waals surface area contributed by atoms with Gasteiger partial charge in [-0.25, -0.2) is 4.68 Å². The second kappa shape index (κ2) is 4.08. The van der Waals surface area contributed by atoms with Gasteiger partial charge in [-0.3, -0.25) is 10.1 Å². The van der Waals surface area contributed by atoms with E-state index in [2.05, 4.69) is 5.10 Å².